The fraction of sp³-hybridized carbons (Fsp3) is 0.688. The van der Waals surface area contributed by atoms with Crippen LogP contribution < -0.4 is 0 Å². The number of ketones is 1. The van der Waals surface area contributed by atoms with Crippen LogP contribution in [0.4, 0.5) is 4.79 Å². The van der Waals surface area contributed by atoms with Crippen molar-refractivity contribution in [3.8, 4) is 0 Å². The zero-order valence-electron chi connectivity index (χ0n) is 13.9. The Morgan fingerprint density at radius 3 is 2.59 bits per heavy atom. The average molecular weight is 324 g/mol. The summed E-state index contributed by atoms with van der Waals surface area (Å²) < 4.78 is 5.43. The van der Waals surface area contributed by atoms with Crippen molar-refractivity contribution in [2.24, 2.45) is 0 Å². The fourth-order valence-electron chi connectivity index (χ4n) is 2.71. The normalized spacial score (nSPS) is 18.6. The molecule has 0 radical (unpaired) electrons. The maximum atomic E-state index is 12.5. The second kappa shape index (κ2) is 6.36. The molecule has 1 aromatic heterocycles. The van der Waals surface area contributed by atoms with Gasteiger partial charge in [-0.3, -0.25) is 4.79 Å². The van der Waals surface area contributed by atoms with Gasteiger partial charge >= 0.3 is 6.09 Å². The number of nitrogens with zero attached hydrogens (tertiary/aromatic N) is 2. The van der Waals surface area contributed by atoms with Crippen molar-refractivity contribution in [3.05, 3.63) is 15.6 Å². The monoisotopic (exact) mass is 324 g/mol. The molecule has 2 heterocycles. The highest BCUT2D eigenvalue weighted by Gasteiger charge is 2.34. The maximum Gasteiger partial charge on any atom is 0.410 e. The number of Topliss-reactive ketones (excluding diaryl/α,β-unsaturated/α-hetero) is 1. The summed E-state index contributed by atoms with van der Waals surface area (Å²) in [6.45, 7) is 9.97. The van der Waals surface area contributed by atoms with E-state index < -0.39 is 5.60 Å². The van der Waals surface area contributed by atoms with E-state index in [1.54, 1.807) is 4.90 Å². The number of thiazole rings is 1. The Labute approximate surface area is 135 Å². The van der Waals surface area contributed by atoms with Crippen molar-refractivity contribution >= 4 is 23.2 Å². The molecule has 1 amide bonds. The van der Waals surface area contributed by atoms with Gasteiger partial charge in [0, 0.05) is 19.0 Å². The first-order chi connectivity index (χ1) is 10.2. The predicted molar refractivity (Wildman–Crippen MR) is 86.5 cm³/mol. The molecule has 1 aliphatic heterocycles. The molecule has 1 aromatic rings. The van der Waals surface area contributed by atoms with E-state index in [1.165, 1.54) is 11.3 Å². The molecule has 122 valence electrons. The second-order valence-corrected chi connectivity index (χ2v) is 7.95. The van der Waals surface area contributed by atoms with Crippen LogP contribution in [0.15, 0.2) is 0 Å². The van der Waals surface area contributed by atoms with E-state index in [0.717, 1.165) is 23.5 Å². The van der Waals surface area contributed by atoms with Gasteiger partial charge in [0.25, 0.3) is 0 Å². The molecular formula is C16H24N2O3S. The molecule has 0 spiro atoms. The Morgan fingerprint density at radius 1 is 1.36 bits per heavy atom. The van der Waals surface area contributed by atoms with Crippen LogP contribution in [0.25, 0.3) is 0 Å². The number of amides is 1. The standard InChI is InChI=1S/C16H24N2O3S/c1-10-14(22-11(2)17-10)13(19)9-12-7-6-8-18(12)15(20)21-16(3,4)5/h12H,6-9H2,1-5H3. The molecule has 1 fully saturated rings. The smallest absolute Gasteiger partial charge is 0.410 e. The first-order valence-corrected chi connectivity index (χ1v) is 8.46. The molecule has 1 aliphatic rings. The number of ether oxygens (including phenoxy) is 1. The molecule has 0 N–H and O–H groups in total. The molecule has 22 heavy (non-hydrogen) atoms. The zero-order valence-corrected chi connectivity index (χ0v) is 14.7. The Bertz CT molecular complexity index is 574. The van der Waals surface area contributed by atoms with Crippen LogP contribution in [-0.4, -0.2) is 39.9 Å². The minimum Gasteiger partial charge on any atom is -0.444 e. The Balaban J connectivity index is 2.03. The highest BCUT2D eigenvalue weighted by Crippen LogP contribution is 2.26. The summed E-state index contributed by atoms with van der Waals surface area (Å²) >= 11 is 1.43. The van der Waals surface area contributed by atoms with Crippen molar-refractivity contribution in [2.75, 3.05) is 6.54 Å². The molecule has 5 nitrogen and oxygen atoms in total. The van der Waals surface area contributed by atoms with Crippen molar-refractivity contribution < 1.29 is 14.3 Å². The highest BCUT2D eigenvalue weighted by molar-refractivity contribution is 7.13. The number of carbonyl (C=O) groups is 2. The molecular weight excluding hydrogens is 300 g/mol. The summed E-state index contributed by atoms with van der Waals surface area (Å²) in [4.78, 5) is 31.4. The van der Waals surface area contributed by atoms with Gasteiger partial charge < -0.3 is 9.64 Å². The first kappa shape index (κ1) is 16.9. The van der Waals surface area contributed by atoms with Crippen LogP contribution >= 0.6 is 11.3 Å². The minimum absolute atomic E-state index is 0.0656. The van der Waals surface area contributed by atoms with Crippen molar-refractivity contribution in [3.63, 3.8) is 0 Å². The van der Waals surface area contributed by atoms with Gasteiger partial charge in [-0.05, 0) is 47.5 Å². The lowest BCUT2D eigenvalue weighted by atomic mass is 10.1. The van der Waals surface area contributed by atoms with Crippen LogP contribution in [0.5, 0.6) is 0 Å². The van der Waals surface area contributed by atoms with Gasteiger partial charge in [0.1, 0.15) is 5.60 Å². The van der Waals surface area contributed by atoms with Crippen molar-refractivity contribution in [1.29, 1.82) is 0 Å². The molecule has 0 aliphatic carbocycles. The molecule has 1 atom stereocenters. The molecule has 1 saturated heterocycles. The number of likely N-dealkylation sites (tertiary alicyclic amines) is 1. The lowest BCUT2D eigenvalue weighted by molar-refractivity contribution is 0.0223. The van der Waals surface area contributed by atoms with Crippen LogP contribution in [0.2, 0.25) is 0 Å². The third-order valence-electron chi connectivity index (χ3n) is 3.58. The van der Waals surface area contributed by atoms with Crippen molar-refractivity contribution in [2.45, 2.75) is 65.5 Å². The summed E-state index contributed by atoms with van der Waals surface area (Å²) in [5.41, 5.74) is 0.272. The zero-order chi connectivity index (χ0) is 16.5. The summed E-state index contributed by atoms with van der Waals surface area (Å²) in [7, 11) is 0. The second-order valence-electron chi connectivity index (χ2n) is 6.74. The van der Waals surface area contributed by atoms with Crippen LogP contribution in [0.1, 0.15) is 60.4 Å². The van der Waals surface area contributed by atoms with E-state index >= 15 is 0 Å². The van der Waals surface area contributed by atoms with Gasteiger partial charge in [-0.15, -0.1) is 11.3 Å². The molecule has 0 saturated carbocycles. The Morgan fingerprint density at radius 2 is 2.05 bits per heavy atom. The molecule has 1 unspecified atom stereocenters. The van der Waals surface area contributed by atoms with Crippen LogP contribution in [0, 0.1) is 13.8 Å². The number of rotatable bonds is 3. The average Bonchev–Trinajstić information content (AvgIpc) is 2.93. The lowest BCUT2D eigenvalue weighted by Crippen LogP contribution is -2.40. The quantitative estimate of drug-likeness (QED) is 0.795. The first-order valence-electron chi connectivity index (χ1n) is 7.64. The minimum atomic E-state index is -0.514. The van der Waals surface area contributed by atoms with Gasteiger partial charge in [-0.2, -0.15) is 0 Å². The fourth-order valence-corrected chi connectivity index (χ4v) is 3.57. The molecule has 2 rings (SSSR count). The van der Waals surface area contributed by atoms with E-state index in [9.17, 15) is 9.59 Å². The topological polar surface area (TPSA) is 59.5 Å². The van der Waals surface area contributed by atoms with E-state index in [4.69, 9.17) is 4.74 Å². The highest BCUT2D eigenvalue weighted by atomic mass is 32.1. The van der Waals surface area contributed by atoms with E-state index in [2.05, 4.69) is 4.98 Å². The SMILES string of the molecule is Cc1nc(C)c(C(=O)CC2CCCN2C(=O)OC(C)(C)C)s1. The summed E-state index contributed by atoms with van der Waals surface area (Å²) in [6, 6.07) is -0.0656. The van der Waals surface area contributed by atoms with Crippen LogP contribution in [0.3, 0.4) is 0 Å². The Hall–Kier alpha value is -1.43. The third kappa shape index (κ3) is 4.06. The van der Waals surface area contributed by atoms with Gasteiger partial charge in [-0.1, -0.05) is 0 Å². The summed E-state index contributed by atoms with van der Waals surface area (Å²) in [5.74, 6) is 0.0727. The van der Waals surface area contributed by atoms with Gasteiger partial charge in [0.15, 0.2) is 5.78 Å². The lowest BCUT2D eigenvalue weighted by Gasteiger charge is -2.28. The van der Waals surface area contributed by atoms with Crippen LogP contribution in [-0.2, 0) is 4.74 Å². The summed E-state index contributed by atoms with van der Waals surface area (Å²) in [6.07, 6.45) is 1.79. The molecule has 0 aromatic carbocycles. The largest absolute Gasteiger partial charge is 0.444 e. The van der Waals surface area contributed by atoms with Crippen molar-refractivity contribution in [1.82, 2.24) is 9.88 Å². The Kier molecular flexibility index (Phi) is 4.90. The molecule has 0 bridgehead atoms. The van der Waals surface area contributed by atoms with Gasteiger partial charge in [0.05, 0.1) is 15.6 Å². The number of hydrogen-bond donors (Lipinski definition) is 0. The number of aromatic nitrogens is 1. The van der Waals surface area contributed by atoms with Gasteiger partial charge in [0.2, 0.25) is 0 Å². The van der Waals surface area contributed by atoms with Gasteiger partial charge in [-0.25, -0.2) is 9.78 Å². The number of carbonyl (C=O) groups excluding carboxylic acids is 2. The number of hydrogen-bond acceptors (Lipinski definition) is 5. The third-order valence-corrected chi connectivity index (χ3v) is 4.70. The predicted octanol–water partition coefficient (Wildman–Crippen LogP) is 3.73. The number of aryl methyl sites for hydroxylation is 2. The maximum absolute atomic E-state index is 12.5. The van der Waals surface area contributed by atoms with E-state index in [0.29, 0.717) is 17.8 Å². The summed E-state index contributed by atoms with van der Waals surface area (Å²) in [5, 5.41) is 0.899. The van der Waals surface area contributed by atoms with E-state index in [-0.39, 0.29) is 17.9 Å². The van der Waals surface area contributed by atoms with E-state index in [1.807, 2.05) is 34.6 Å². The molecule has 6 heteroatoms.